The quantitative estimate of drug-likeness (QED) is 0.703. The molecular weight excluding hydrogens is 382 g/mol. The minimum Gasteiger partial charge on any atom is -0.379 e. The second-order valence-electron chi connectivity index (χ2n) is 7.67. The number of nitrogens with zero attached hydrogens (tertiary/aromatic N) is 4. The standard InChI is InChI=1S/C18H31N5O4S/c1-14(22-8-10-27-11-9-22)12-19-18(24)16-4-6-23(7-5-16)28(25,26)17-13-21(3)20-15(17)2/h13-14,16H,4-12H2,1-3H3,(H,19,24)/t14-/m1/s1. The lowest BCUT2D eigenvalue weighted by molar-refractivity contribution is -0.126. The van der Waals surface area contributed by atoms with E-state index >= 15 is 0 Å². The summed E-state index contributed by atoms with van der Waals surface area (Å²) < 4.78 is 34.0. The predicted molar refractivity (Wildman–Crippen MR) is 104 cm³/mol. The summed E-state index contributed by atoms with van der Waals surface area (Å²) in [6.45, 7) is 8.37. The van der Waals surface area contributed by atoms with Crippen LogP contribution in [0.15, 0.2) is 11.1 Å². The van der Waals surface area contributed by atoms with Gasteiger partial charge in [-0.3, -0.25) is 14.4 Å². The van der Waals surface area contributed by atoms with Crippen molar-refractivity contribution < 1.29 is 17.9 Å². The van der Waals surface area contributed by atoms with E-state index in [0.29, 0.717) is 38.2 Å². The molecule has 1 N–H and O–H groups in total. The Bertz CT molecular complexity index is 780. The molecule has 9 nitrogen and oxygen atoms in total. The van der Waals surface area contributed by atoms with Gasteiger partial charge in [0, 0.05) is 57.9 Å². The topological polar surface area (TPSA) is 96.8 Å². The second-order valence-corrected chi connectivity index (χ2v) is 9.58. The van der Waals surface area contributed by atoms with Crippen molar-refractivity contribution in [2.24, 2.45) is 13.0 Å². The molecule has 0 unspecified atom stereocenters. The van der Waals surface area contributed by atoms with Gasteiger partial charge in [0.05, 0.1) is 18.9 Å². The van der Waals surface area contributed by atoms with Gasteiger partial charge in [0.2, 0.25) is 15.9 Å². The highest BCUT2D eigenvalue weighted by Gasteiger charge is 2.34. The van der Waals surface area contributed by atoms with E-state index in [1.807, 2.05) is 0 Å². The van der Waals surface area contributed by atoms with Crippen LogP contribution in [0.4, 0.5) is 0 Å². The van der Waals surface area contributed by atoms with Crippen LogP contribution in [0.5, 0.6) is 0 Å². The Labute approximate surface area is 167 Å². The zero-order valence-corrected chi connectivity index (χ0v) is 17.7. The number of piperidine rings is 1. The van der Waals surface area contributed by atoms with Crippen LogP contribution in [0.3, 0.4) is 0 Å². The SMILES string of the molecule is Cc1nn(C)cc1S(=O)(=O)N1CCC(C(=O)NC[C@@H](C)N2CCOCC2)CC1. The lowest BCUT2D eigenvalue weighted by atomic mass is 9.97. The molecule has 2 saturated heterocycles. The number of aromatic nitrogens is 2. The highest BCUT2D eigenvalue weighted by Crippen LogP contribution is 2.25. The smallest absolute Gasteiger partial charge is 0.246 e. The summed E-state index contributed by atoms with van der Waals surface area (Å²) in [5, 5.41) is 7.17. The molecule has 0 aliphatic carbocycles. The summed E-state index contributed by atoms with van der Waals surface area (Å²) in [6, 6.07) is 0.266. The van der Waals surface area contributed by atoms with E-state index in [0.717, 1.165) is 26.3 Å². The first-order valence-electron chi connectivity index (χ1n) is 9.89. The lowest BCUT2D eigenvalue weighted by Crippen LogP contribution is -2.49. The molecule has 0 spiro atoms. The van der Waals surface area contributed by atoms with E-state index in [4.69, 9.17) is 4.74 Å². The fourth-order valence-corrected chi connectivity index (χ4v) is 5.54. The van der Waals surface area contributed by atoms with Crippen LogP contribution in [0, 0.1) is 12.8 Å². The van der Waals surface area contributed by atoms with E-state index in [1.165, 1.54) is 15.2 Å². The molecule has 1 amide bonds. The van der Waals surface area contributed by atoms with Crippen LogP contribution in [0.2, 0.25) is 0 Å². The van der Waals surface area contributed by atoms with Gasteiger partial charge in [-0.25, -0.2) is 8.42 Å². The maximum atomic E-state index is 12.8. The molecule has 0 bridgehead atoms. The molecule has 2 fully saturated rings. The van der Waals surface area contributed by atoms with Crippen LogP contribution < -0.4 is 5.32 Å². The summed E-state index contributed by atoms with van der Waals surface area (Å²) in [6.07, 6.45) is 2.61. The van der Waals surface area contributed by atoms with Crippen LogP contribution in [-0.4, -0.2) is 85.3 Å². The van der Waals surface area contributed by atoms with Gasteiger partial charge >= 0.3 is 0 Å². The van der Waals surface area contributed by atoms with E-state index in [1.54, 1.807) is 14.0 Å². The zero-order valence-electron chi connectivity index (χ0n) is 16.9. The highest BCUT2D eigenvalue weighted by molar-refractivity contribution is 7.89. The third-order valence-corrected chi connectivity index (χ3v) is 7.65. The fraction of sp³-hybridized carbons (Fsp3) is 0.778. The summed E-state index contributed by atoms with van der Waals surface area (Å²) in [5.41, 5.74) is 0.500. The molecule has 2 aliphatic heterocycles. The van der Waals surface area contributed by atoms with Crippen molar-refractivity contribution in [1.82, 2.24) is 24.3 Å². The predicted octanol–water partition coefficient (Wildman–Crippen LogP) is -0.0339. The number of hydrogen-bond donors (Lipinski definition) is 1. The van der Waals surface area contributed by atoms with Crippen molar-refractivity contribution in [3.05, 3.63) is 11.9 Å². The fourth-order valence-electron chi connectivity index (χ4n) is 3.87. The third-order valence-electron chi connectivity index (χ3n) is 5.65. The summed E-state index contributed by atoms with van der Waals surface area (Å²) >= 11 is 0. The largest absolute Gasteiger partial charge is 0.379 e. The number of rotatable bonds is 6. The molecule has 1 atom stereocenters. The van der Waals surface area contributed by atoms with Gasteiger partial charge < -0.3 is 10.1 Å². The van der Waals surface area contributed by atoms with Crippen LogP contribution in [-0.2, 0) is 26.6 Å². The van der Waals surface area contributed by atoms with Crippen molar-refractivity contribution in [3.63, 3.8) is 0 Å². The first kappa shape index (κ1) is 21.2. The second kappa shape index (κ2) is 8.89. The Morgan fingerprint density at radius 3 is 2.50 bits per heavy atom. The number of carbonyl (C=O) groups is 1. The molecule has 3 heterocycles. The zero-order chi connectivity index (χ0) is 20.3. The van der Waals surface area contributed by atoms with Crippen LogP contribution in [0.25, 0.3) is 0 Å². The third kappa shape index (κ3) is 4.73. The summed E-state index contributed by atoms with van der Waals surface area (Å²) in [7, 11) is -1.85. The maximum Gasteiger partial charge on any atom is 0.246 e. The van der Waals surface area contributed by atoms with Gasteiger partial charge in [-0.15, -0.1) is 0 Å². The first-order valence-corrected chi connectivity index (χ1v) is 11.3. The maximum absolute atomic E-state index is 12.8. The molecule has 1 aromatic heterocycles. The van der Waals surface area contributed by atoms with Crippen molar-refractivity contribution in [2.45, 2.75) is 37.6 Å². The number of carbonyl (C=O) groups excluding carboxylic acids is 1. The van der Waals surface area contributed by atoms with Gasteiger partial charge in [-0.1, -0.05) is 0 Å². The van der Waals surface area contributed by atoms with E-state index in [2.05, 4.69) is 22.2 Å². The average Bonchev–Trinajstić information content (AvgIpc) is 3.05. The van der Waals surface area contributed by atoms with Crippen LogP contribution in [0.1, 0.15) is 25.5 Å². The number of ether oxygens (including phenoxy) is 1. The van der Waals surface area contributed by atoms with Crippen molar-refractivity contribution >= 4 is 15.9 Å². The van der Waals surface area contributed by atoms with Gasteiger partial charge in [-0.05, 0) is 26.7 Å². The molecule has 1 aromatic rings. The molecule has 28 heavy (non-hydrogen) atoms. The molecule has 158 valence electrons. The Balaban J connectivity index is 1.49. The molecular formula is C18H31N5O4S. The molecule has 10 heteroatoms. The van der Waals surface area contributed by atoms with Crippen molar-refractivity contribution in [1.29, 1.82) is 0 Å². The van der Waals surface area contributed by atoms with Gasteiger partial charge in [0.25, 0.3) is 0 Å². The van der Waals surface area contributed by atoms with Crippen molar-refractivity contribution in [3.8, 4) is 0 Å². The lowest BCUT2D eigenvalue weighted by Gasteiger charge is -2.33. The number of aryl methyl sites for hydroxylation is 2. The van der Waals surface area contributed by atoms with Gasteiger partial charge in [0.1, 0.15) is 4.90 Å². The molecule has 2 aliphatic rings. The number of morpholine rings is 1. The molecule has 0 aromatic carbocycles. The Kier molecular flexibility index (Phi) is 6.74. The number of nitrogens with one attached hydrogen (secondary N) is 1. The minimum absolute atomic E-state index is 0.0229. The van der Waals surface area contributed by atoms with Gasteiger partial charge in [-0.2, -0.15) is 9.40 Å². The number of amides is 1. The summed E-state index contributed by atoms with van der Waals surface area (Å²) in [4.78, 5) is 15.1. The summed E-state index contributed by atoms with van der Waals surface area (Å²) in [5.74, 6) is -0.118. The molecule has 0 radical (unpaired) electrons. The van der Waals surface area contributed by atoms with Gasteiger partial charge in [0.15, 0.2) is 0 Å². The minimum atomic E-state index is -3.56. The van der Waals surface area contributed by atoms with E-state index in [9.17, 15) is 13.2 Å². The number of sulfonamides is 1. The van der Waals surface area contributed by atoms with Crippen molar-refractivity contribution in [2.75, 3.05) is 45.9 Å². The Morgan fingerprint density at radius 2 is 1.93 bits per heavy atom. The normalized spacial score (nSPS) is 21.5. The monoisotopic (exact) mass is 413 g/mol. The molecule has 3 rings (SSSR count). The first-order chi connectivity index (χ1) is 13.3. The Morgan fingerprint density at radius 1 is 1.29 bits per heavy atom. The van der Waals surface area contributed by atoms with E-state index in [-0.39, 0.29) is 22.8 Å². The number of hydrogen-bond acceptors (Lipinski definition) is 6. The Hall–Kier alpha value is -1.49. The van der Waals surface area contributed by atoms with E-state index < -0.39 is 10.0 Å². The highest BCUT2D eigenvalue weighted by atomic mass is 32.2. The average molecular weight is 414 g/mol. The molecule has 0 saturated carbocycles. The van der Waals surface area contributed by atoms with Crippen LogP contribution >= 0.6 is 0 Å².